The Labute approximate surface area is 80.2 Å². The molecule has 0 aromatic carbocycles. The van der Waals surface area contributed by atoms with Crippen LogP contribution in [0.4, 0.5) is 0 Å². The normalized spacial score (nSPS) is 2.67. The minimum Gasteiger partial charge on any atom is -0.680 e. The number of rotatable bonds is 0. The zero-order valence-electron chi connectivity index (χ0n) is 7.12. The number of hydrogen-bond donors (Lipinski definition) is 0. The molecule has 0 unspecified atom stereocenters. The molecule has 0 aliphatic heterocycles. The first-order valence-corrected chi connectivity index (χ1v) is 2.62. The Morgan fingerprint density at radius 3 is 0.667 bits per heavy atom. The van der Waals surface area contributed by atoms with Crippen molar-refractivity contribution in [3.8, 4) is 0 Å². The van der Waals surface area contributed by atoms with Crippen molar-refractivity contribution in [2.75, 3.05) is 7.05 Å². The van der Waals surface area contributed by atoms with Crippen LogP contribution in [0.15, 0.2) is 0 Å². The summed E-state index contributed by atoms with van der Waals surface area (Å²) < 4.78 is 0. The Morgan fingerprint density at radius 2 is 0.667 bits per heavy atom. The molecule has 0 heterocycles. The van der Waals surface area contributed by atoms with Crippen molar-refractivity contribution in [3.05, 3.63) is 26.5 Å². The SMILES string of the molecule is C[NH-].[CH2-]C.[CH2-]C.[CH2-]C.[Hf+4]. The van der Waals surface area contributed by atoms with Crippen molar-refractivity contribution in [3.63, 3.8) is 0 Å². The van der Waals surface area contributed by atoms with Crippen LogP contribution in [0.5, 0.6) is 0 Å². The van der Waals surface area contributed by atoms with Crippen LogP contribution in [-0.4, -0.2) is 7.05 Å². The molecule has 0 radical (unpaired) electrons. The third kappa shape index (κ3) is 598. The van der Waals surface area contributed by atoms with Gasteiger partial charge in [-0.1, -0.05) is 0 Å². The van der Waals surface area contributed by atoms with Crippen LogP contribution >= 0.6 is 0 Å². The summed E-state index contributed by atoms with van der Waals surface area (Å²) in [5.41, 5.74) is 5.75. The van der Waals surface area contributed by atoms with Crippen LogP contribution in [-0.2, 0) is 25.8 Å². The Morgan fingerprint density at radius 1 is 0.667 bits per heavy atom. The molecular formula is C7H19HfN. The molecule has 0 saturated carbocycles. The molecule has 0 aromatic heterocycles. The van der Waals surface area contributed by atoms with E-state index >= 15 is 0 Å². The smallest absolute Gasteiger partial charge is 0.680 e. The Kier molecular flexibility index (Phi) is 2870. The third-order valence-electron chi connectivity index (χ3n) is 0. The summed E-state index contributed by atoms with van der Waals surface area (Å²) in [5.74, 6) is 0. The first kappa shape index (κ1) is 32.9. The molecule has 0 aliphatic carbocycles. The third-order valence-corrected chi connectivity index (χ3v) is 0. The van der Waals surface area contributed by atoms with E-state index in [1.807, 2.05) is 0 Å². The predicted octanol–water partition coefficient (Wildman–Crippen LogP) is 3.19. The van der Waals surface area contributed by atoms with Gasteiger partial charge in [-0.2, -0.15) is 27.8 Å². The molecule has 0 rings (SSSR count). The summed E-state index contributed by atoms with van der Waals surface area (Å²) >= 11 is 0. The van der Waals surface area contributed by atoms with Crippen molar-refractivity contribution in [2.45, 2.75) is 20.8 Å². The van der Waals surface area contributed by atoms with Gasteiger partial charge in [-0.05, 0) is 0 Å². The molecule has 0 atom stereocenters. The van der Waals surface area contributed by atoms with E-state index in [-0.39, 0.29) is 25.8 Å². The van der Waals surface area contributed by atoms with Gasteiger partial charge < -0.3 is 26.5 Å². The first-order chi connectivity index (χ1) is 4.00. The second-order valence-electron chi connectivity index (χ2n) is 0. The number of nitrogens with one attached hydrogen (secondary N) is 1. The van der Waals surface area contributed by atoms with E-state index in [2.05, 4.69) is 20.8 Å². The van der Waals surface area contributed by atoms with Crippen molar-refractivity contribution in [2.24, 2.45) is 0 Å². The van der Waals surface area contributed by atoms with Gasteiger partial charge in [0.15, 0.2) is 0 Å². The molecule has 0 amide bonds. The van der Waals surface area contributed by atoms with Crippen molar-refractivity contribution in [1.29, 1.82) is 0 Å². The molecule has 1 nitrogen and oxygen atoms in total. The maximum absolute atomic E-state index is 5.75. The van der Waals surface area contributed by atoms with Crippen LogP contribution in [0.2, 0.25) is 0 Å². The average Bonchev–Trinajstić information content (AvgIpc) is 2.03. The first-order valence-electron chi connectivity index (χ1n) is 2.62. The summed E-state index contributed by atoms with van der Waals surface area (Å²) in [5, 5.41) is 0. The zero-order valence-corrected chi connectivity index (χ0v) is 10.7. The van der Waals surface area contributed by atoms with Crippen LogP contribution in [0.3, 0.4) is 0 Å². The second kappa shape index (κ2) is 786. The van der Waals surface area contributed by atoms with E-state index in [4.69, 9.17) is 5.73 Å². The summed E-state index contributed by atoms with van der Waals surface area (Å²) in [4.78, 5) is 0. The summed E-state index contributed by atoms with van der Waals surface area (Å²) in [6, 6.07) is 0. The molecule has 0 spiro atoms. The maximum Gasteiger partial charge on any atom is 4.00 e. The molecule has 9 heavy (non-hydrogen) atoms. The molecular weight excluding hydrogens is 277 g/mol. The van der Waals surface area contributed by atoms with Crippen LogP contribution in [0.25, 0.3) is 5.73 Å². The van der Waals surface area contributed by atoms with Crippen LogP contribution < -0.4 is 0 Å². The van der Waals surface area contributed by atoms with E-state index < -0.39 is 0 Å². The van der Waals surface area contributed by atoms with E-state index in [1.54, 1.807) is 20.8 Å². The van der Waals surface area contributed by atoms with Gasteiger partial charge in [0, 0.05) is 0 Å². The van der Waals surface area contributed by atoms with Crippen LogP contribution in [0.1, 0.15) is 20.8 Å². The summed E-state index contributed by atoms with van der Waals surface area (Å²) in [6.07, 6.45) is 0. The van der Waals surface area contributed by atoms with Crippen molar-refractivity contribution >= 4 is 0 Å². The van der Waals surface area contributed by atoms with Crippen LogP contribution in [0, 0.1) is 20.8 Å². The Bertz CT molecular complexity index is 8.88. The van der Waals surface area contributed by atoms with E-state index in [0.717, 1.165) is 0 Å². The van der Waals surface area contributed by atoms with Gasteiger partial charge >= 0.3 is 25.8 Å². The number of hydrogen-bond acceptors (Lipinski definition) is 0. The molecule has 2 heteroatoms. The van der Waals surface area contributed by atoms with Gasteiger partial charge in [0.25, 0.3) is 0 Å². The largest absolute Gasteiger partial charge is 4.00 e. The Hall–Kier alpha value is 0.830. The maximum atomic E-state index is 5.75. The van der Waals surface area contributed by atoms with Gasteiger partial charge in [-0.15, -0.1) is 0 Å². The summed E-state index contributed by atoms with van der Waals surface area (Å²) in [6.45, 7) is 15.0. The predicted molar refractivity (Wildman–Crippen MR) is 43.3 cm³/mol. The van der Waals surface area contributed by atoms with E-state index in [9.17, 15) is 0 Å². The molecule has 56 valence electrons. The Balaban J connectivity index is -0.00000000762. The van der Waals surface area contributed by atoms with Crippen molar-refractivity contribution < 1.29 is 25.8 Å². The molecule has 0 fully saturated rings. The monoisotopic (exact) mass is 297 g/mol. The van der Waals surface area contributed by atoms with Gasteiger partial charge in [0.2, 0.25) is 0 Å². The fraction of sp³-hybridized carbons (Fsp3) is 0.571. The molecule has 0 aliphatic rings. The molecule has 0 aromatic rings. The van der Waals surface area contributed by atoms with Gasteiger partial charge in [-0.25, -0.2) is 0 Å². The van der Waals surface area contributed by atoms with Gasteiger partial charge in [0.1, 0.15) is 0 Å². The van der Waals surface area contributed by atoms with Gasteiger partial charge in [-0.3, -0.25) is 0 Å². The average molecular weight is 296 g/mol. The zero-order chi connectivity index (χ0) is 8.00. The summed E-state index contributed by atoms with van der Waals surface area (Å²) in [7, 11) is 1.25. The van der Waals surface area contributed by atoms with Crippen molar-refractivity contribution in [1.82, 2.24) is 0 Å². The molecule has 0 bridgehead atoms. The topological polar surface area (TPSA) is 23.8 Å². The fourth-order valence-electron chi connectivity index (χ4n) is 0. The molecule has 1 N–H and O–H groups in total. The van der Waals surface area contributed by atoms with E-state index in [1.165, 1.54) is 7.05 Å². The fourth-order valence-corrected chi connectivity index (χ4v) is 0. The molecule has 0 saturated heterocycles. The quantitative estimate of drug-likeness (QED) is 0.484. The second-order valence-corrected chi connectivity index (χ2v) is 0. The standard InChI is InChI=1S/3C2H5.CH4N.Hf/c4*1-2;/h3*1H2,2H3;2H,1H3;/q4*-1;+4. The minimum absolute atomic E-state index is 0. The van der Waals surface area contributed by atoms with E-state index in [0.29, 0.717) is 0 Å². The van der Waals surface area contributed by atoms with Gasteiger partial charge in [0.05, 0.1) is 0 Å². The minimum atomic E-state index is 0.